The van der Waals surface area contributed by atoms with Crippen LogP contribution in [0.4, 0.5) is 5.69 Å². The maximum atomic E-state index is 13.2. The van der Waals surface area contributed by atoms with Crippen LogP contribution in [0.15, 0.2) is 72.6 Å². The van der Waals surface area contributed by atoms with Crippen LogP contribution in [0.1, 0.15) is 29.7 Å². The van der Waals surface area contributed by atoms with E-state index in [4.69, 9.17) is 16.3 Å². The molecule has 1 aliphatic heterocycles. The molecule has 4 rings (SSSR count). The smallest absolute Gasteiger partial charge is 0.295 e. The number of aliphatic hydroxyl groups is 1. The van der Waals surface area contributed by atoms with Crippen molar-refractivity contribution in [1.82, 2.24) is 9.88 Å². The van der Waals surface area contributed by atoms with Crippen LogP contribution in [0.3, 0.4) is 0 Å². The molecule has 1 fully saturated rings. The van der Waals surface area contributed by atoms with E-state index in [1.165, 1.54) is 35.2 Å². The van der Waals surface area contributed by atoms with E-state index in [1.807, 2.05) is 0 Å². The summed E-state index contributed by atoms with van der Waals surface area (Å²) >= 11 is 6.27. The van der Waals surface area contributed by atoms with Gasteiger partial charge in [0.15, 0.2) is 0 Å². The fraction of sp³-hybridized carbons (Fsp3) is 0.160. The van der Waals surface area contributed by atoms with Gasteiger partial charge in [0.1, 0.15) is 11.5 Å². The molecule has 178 valence electrons. The van der Waals surface area contributed by atoms with Gasteiger partial charge in [-0.15, -0.1) is 0 Å². The lowest BCUT2D eigenvalue weighted by Gasteiger charge is -2.25. The summed E-state index contributed by atoms with van der Waals surface area (Å²) in [6.07, 6.45) is 3.13. The number of benzene rings is 2. The second kappa shape index (κ2) is 9.94. The Morgan fingerprint density at radius 3 is 2.66 bits per heavy atom. The quantitative estimate of drug-likeness (QED) is 0.167. The van der Waals surface area contributed by atoms with Gasteiger partial charge in [-0.2, -0.15) is 0 Å². The first-order chi connectivity index (χ1) is 16.8. The minimum Gasteiger partial charge on any atom is -0.507 e. The van der Waals surface area contributed by atoms with Gasteiger partial charge in [-0.1, -0.05) is 29.8 Å². The Morgan fingerprint density at radius 1 is 1.20 bits per heavy atom. The number of non-ortho nitro benzene ring substituents is 1. The summed E-state index contributed by atoms with van der Waals surface area (Å²) in [5.41, 5.74) is 0.751. The summed E-state index contributed by atoms with van der Waals surface area (Å²) < 4.78 is 5.42. The van der Waals surface area contributed by atoms with E-state index < -0.39 is 28.4 Å². The molecule has 10 heteroatoms. The number of hydrogen-bond acceptors (Lipinski definition) is 7. The predicted molar refractivity (Wildman–Crippen MR) is 128 cm³/mol. The van der Waals surface area contributed by atoms with Gasteiger partial charge in [0.05, 0.1) is 28.2 Å². The zero-order valence-corrected chi connectivity index (χ0v) is 19.3. The van der Waals surface area contributed by atoms with Crippen molar-refractivity contribution in [1.29, 1.82) is 0 Å². The fourth-order valence-electron chi connectivity index (χ4n) is 3.96. The minimum atomic E-state index is -1.07. The third kappa shape index (κ3) is 4.71. The molecule has 2 aromatic carbocycles. The van der Waals surface area contributed by atoms with Gasteiger partial charge >= 0.3 is 0 Å². The van der Waals surface area contributed by atoms with E-state index in [0.717, 1.165) is 0 Å². The minimum absolute atomic E-state index is 0.00653. The number of ether oxygens (including phenoxy) is 1. The number of aromatic nitrogens is 1. The Labute approximate surface area is 205 Å². The standard InChI is InChI=1S/C25H20ClN3O6/c1-2-35-20-9-8-17(12-19(20)26)23(30)21-22(16-6-3-7-18(11-16)29(33)34)28(25(32)24(21)31)14-15-5-4-10-27-13-15/h3-13,22,30H,2,14H2,1H3. The van der Waals surface area contributed by atoms with Crippen LogP contribution in [-0.2, 0) is 16.1 Å². The summed E-state index contributed by atoms with van der Waals surface area (Å²) in [4.78, 5) is 42.4. The number of amides is 1. The third-order valence-electron chi connectivity index (χ3n) is 5.52. The van der Waals surface area contributed by atoms with Crippen molar-refractivity contribution in [2.45, 2.75) is 19.5 Å². The topological polar surface area (TPSA) is 123 Å². The molecule has 1 aromatic heterocycles. The fourth-order valence-corrected chi connectivity index (χ4v) is 4.20. The van der Waals surface area contributed by atoms with E-state index >= 15 is 0 Å². The van der Waals surface area contributed by atoms with Crippen molar-refractivity contribution < 1.29 is 24.4 Å². The molecule has 0 spiro atoms. The first-order valence-corrected chi connectivity index (χ1v) is 11.0. The number of carbonyl (C=O) groups is 2. The Hall–Kier alpha value is -4.24. The average Bonchev–Trinajstić information content (AvgIpc) is 3.10. The van der Waals surface area contributed by atoms with E-state index in [2.05, 4.69) is 4.98 Å². The van der Waals surface area contributed by atoms with Crippen molar-refractivity contribution in [3.63, 3.8) is 0 Å². The zero-order valence-electron chi connectivity index (χ0n) is 18.6. The summed E-state index contributed by atoms with van der Waals surface area (Å²) in [5, 5.41) is 22.8. The number of carbonyl (C=O) groups excluding carboxylic acids is 2. The number of nitro benzene ring substituents is 1. The summed E-state index contributed by atoms with van der Waals surface area (Å²) in [6.45, 7) is 2.19. The van der Waals surface area contributed by atoms with E-state index in [-0.39, 0.29) is 28.4 Å². The lowest BCUT2D eigenvalue weighted by molar-refractivity contribution is -0.384. The molecule has 0 bridgehead atoms. The average molecular weight is 494 g/mol. The van der Waals surface area contributed by atoms with Crippen molar-refractivity contribution in [3.05, 3.63) is 104 Å². The number of rotatable bonds is 7. The van der Waals surface area contributed by atoms with Gasteiger partial charge in [-0.05, 0) is 42.3 Å². The summed E-state index contributed by atoms with van der Waals surface area (Å²) in [5.74, 6) is -1.80. The molecule has 1 saturated heterocycles. The summed E-state index contributed by atoms with van der Waals surface area (Å²) in [6, 6.07) is 12.5. The zero-order chi connectivity index (χ0) is 25.1. The molecule has 0 saturated carbocycles. The molecule has 0 aliphatic carbocycles. The van der Waals surface area contributed by atoms with Crippen molar-refractivity contribution in [2.24, 2.45) is 0 Å². The van der Waals surface area contributed by atoms with Crippen LogP contribution < -0.4 is 4.74 Å². The number of aliphatic hydroxyl groups excluding tert-OH is 1. The third-order valence-corrected chi connectivity index (χ3v) is 5.81. The SMILES string of the molecule is CCOc1ccc(C(O)=C2C(=O)C(=O)N(Cc3cccnc3)C2c2cccc([N+](=O)[O-])c2)cc1Cl. The van der Waals surface area contributed by atoms with E-state index in [0.29, 0.717) is 23.5 Å². The van der Waals surface area contributed by atoms with Crippen LogP contribution in [-0.4, -0.2) is 38.2 Å². The Balaban J connectivity index is 1.87. The number of nitrogens with zero attached hydrogens (tertiary/aromatic N) is 3. The molecule has 1 unspecified atom stereocenters. The van der Waals surface area contributed by atoms with E-state index in [9.17, 15) is 24.8 Å². The molecule has 1 atom stereocenters. The molecular formula is C25H20ClN3O6. The largest absolute Gasteiger partial charge is 0.507 e. The van der Waals surface area contributed by atoms with Gasteiger partial charge in [0, 0.05) is 36.6 Å². The number of ketones is 1. The van der Waals surface area contributed by atoms with Crippen LogP contribution in [0.5, 0.6) is 5.75 Å². The van der Waals surface area contributed by atoms with Crippen LogP contribution in [0, 0.1) is 10.1 Å². The highest BCUT2D eigenvalue weighted by atomic mass is 35.5. The monoisotopic (exact) mass is 493 g/mol. The van der Waals surface area contributed by atoms with Gasteiger partial charge in [0.2, 0.25) is 0 Å². The lowest BCUT2D eigenvalue weighted by atomic mass is 9.95. The van der Waals surface area contributed by atoms with Crippen molar-refractivity contribution in [2.75, 3.05) is 6.61 Å². The first kappa shape index (κ1) is 23.9. The molecule has 0 radical (unpaired) electrons. The van der Waals surface area contributed by atoms with E-state index in [1.54, 1.807) is 43.6 Å². The molecule has 1 aliphatic rings. The van der Waals surface area contributed by atoms with Crippen LogP contribution in [0.2, 0.25) is 5.02 Å². The number of Topliss-reactive ketones (excluding diaryl/α,β-unsaturated/α-hetero) is 1. The first-order valence-electron chi connectivity index (χ1n) is 10.7. The normalized spacial score (nSPS) is 17.0. The molecule has 9 nitrogen and oxygen atoms in total. The molecule has 2 heterocycles. The highest BCUT2D eigenvalue weighted by Crippen LogP contribution is 2.41. The Kier molecular flexibility index (Phi) is 6.79. The second-order valence-electron chi connectivity index (χ2n) is 7.72. The highest BCUT2D eigenvalue weighted by Gasteiger charge is 2.46. The number of pyridine rings is 1. The molecule has 3 aromatic rings. The second-order valence-corrected chi connectivity index (χ2v) is 8.13. The Morgan fingerprint density at radius 2 is 2.00 bits per heavy atom. The van der Waals surface area contributed by atoms with Crippen LogP contribution >= 0.6 is 11.6 Å². The van der Waals surface area contributed by atoms with Gasteiger partial charge < -0.3 is 14.7 Å². The van der Waals surface area contributed by atoms with Gasteiger partial charge in [-0.25, -0.2) is 0 Å². The van der Waals surface area contributed by atoms with Crippen LogP contribution in [0.25, 0.3) is 5.76 Å². The molecule has 35 heavy (non-hydrogen) atoms. The highest BCUT2D eigenvalue weighted by molar-refractivity contribution is 6.46. The van der Waals surface area contributed by atoms with Gasteiger partial charge in [-0.3, -0.25) is 24.7 Å². The maximum Gasteiger partial charge on any atom is 0.295 e. The molecule has 1 N–H and O–H groups in total. The van der Waals surface area contributed by atoms with Crippen molar-refractivity contribution >= 4 is 34.7 Å². The summed E-state index contributed by atoms with van der Waals surface area (Å²) in [7, 11) is 0. The van der Waals surface area contributed by atoms with Gasteiger partial charge in [0.25, 0.3) is 17.4 Å². The number of likely N-dealkylation sites (tertiary alicyclic amines) is 1. The number of nitro groups is 1. The number of hydrogen-bond donors (Lipinski definition) is 1. The molecular weight excluding hydrogens is 474 g/mol. The number of halogens is 1. The lowest BCUT2D eigenvalue weighted by Crippen LogP contribution is -2.29. The Bertz CT molecular complexity index is 1340. The van der Waals surface area contributed by atoms with Crippen molar-refractivity contribution in [3.8, 4) is 5.75 Å². The maximum absolute atomic E-state index is 13.2. The molecule has 1 amide bonds. The predicted octanol–water partition coefficient (Wildman–Crippen LogP) is 4.66.